The third kappa shape index (κ3) is 2.27. The molecule has 20 heavy (non-hydrogen) atoms. The van der Waals surface area contributed by atoms with Crippen molar-refractivity contribution in [2.75, 3.05) is 0 Å². The third-order valence-corrected chi connectivity index (χ3v) is 3.42. The molecule has 2 unspecified atom stereocenters. The van der Waals surface area contributed by atoms with Gasteiger partial charge >= 0.3 is 6.18 Å². The maximum atomic E-state index is 12.5. The van der Waals surface area contributed by atoms with Crippen LogP contribution in [0.3, 0.4) is 0 Å². The average molecular weight is 277 g/mol. The fourth-order valence-corrected chi connectivity index (χ4v) is 2.20. The smallest absolute Gasteiger partial charge is 0.240 e. The SMILES string of the molecule is N#CC1CC1c1ccc(-n2ccc(C(F)(F)F)n2)cc1. The maximum Gasteiger partial charge on any atom is 0.435 e. The zero-order valence-electron chi connectivity index (χ0n) is 10.3. The van der Waals surface area contributed by atoms with Crippen LogP contribution in [-0.2, 0) is 6.18 Å². The van der Waals surface area contributed by atoms with Gasteiger partial charge in [0.25, 0.3) is 0 Å². The third-order valence-electron chi connectivity index (χ3n) is 3.42. The summed E-state index contributed by atoms with van der Waals surface area (Å²) in [5, 5.41) is 12.3. The van der Waals surface area contributed by atoms with Crippen molar-refractivity contribution in [3.63, 3.8) is 0 Å². The topological polar surface area (TPSA) is 41.6 Å². The van der Waals surface area contributed by atoms with Gasteiger partial charge in [0, 0.05) is 12.1 Å². The van der Waals surface area contributed by atoms with Crippen molar-refractivity contribution in [2.45, 2.75) is 18.5 Å². The quantitative estimate of drug-likeness (QED) is 0.842. The molecule has 3 rings (SSSR count). The highest BCUT2D eigenvalue weighted by Gasteiger charge is 2.38. The first kappa shape index (κ1) is 12.7. The van der Waals surface area contributed by atoms with E-state index in [2.05, 4.69) is 11.2 Å². The fraction of sp³-hybridized carbons (Fsp3) is 0.286. The van der Waals surface area contributed by atoms with Gasteiger partial charge < -0.3 is 0 Å². The Balaban J connectivity index is 1.82. The van der Waals surface area contributed by atoms with E-state index >= 15 is 0 Å². The number of halogens is 3. The Morgan fingerprint density at radius 3 is 2.40 bits per heavy atom. The van der Waals surface area contributed by atoms with Crippen molar-refractivity contribution in [2.24, 2.45) is 5.92 Å². The van der Waals surface area contributed by atoms with Crippen LogP contribution in [-0.4, -0.2) is 9.78 Å². The molecule has 1 aliphatic carbocycles. The minimum Gasteiger partial charge on any atom is -0.240 e. The largest absolute Gasteiger partial charge is 0.435 e. The van der Waals surface area contributed by atoms with E-state index in [4.69, 9.17) is 5.26 Å². The Kier molecular flexibility index (Phi) is 2.78. The molecule has 0 spiro atoms. The van der Waals surface area contributed by atoms with E-state index in [-0.39, 0.29) is 11.8 Å². The minimum absolute atomic E-state index is 0.0717. The predicted molar refractivity (Wildman–Crippen MR) is 65.0 cm³/mol. The van der Waals surface area contributed by atoms with Gasteiger partial charge in [-0.2, -0.15) is 23.5 Å². The zero-order chi connectivity index (χ0) is 14.3. The summed E-state index contributed by atoms with van der Waals surface area (Å²) in [7, 11) is 0. The lowest BCUT2D eigenvalue weighted by Gasteiger charge is -2.04. The van der Waals surface area contributed by atoms with Crippen LogP contribution in [0.1, 0.15) is 23.6 Å². The summed E-state index contributed by atoms with van der Waals surface area (Å²) in [5.41, 5.74) is 0.704. The summed E-state index contributed by atoms with van der Waals surface area (Å²) >= 11 is 0. The average Bonchev–Trinajstić information content (AvgIpc) is 3.03. The van der Waals surface area contributed by atoms with Gasteiger partial charge in [0.1, 0.15) is 0 Å². The number of aromatic nitrogens is 2. The molecule has 2 atom stereocenters. The van der Waals surface area contributed by atoms with E-state index in [1.807, 2.05) is 12.1 Å². The van der Waals surface area contributed by atoms with Crippen molar-refractivity contribution in [3.8, 4) is 11.8 Å². The number of nitriles is 1. The summed E-state index contributed by atoms with van der Waals surface area (Å²) in [4.78, 5) is 0. The van der Waals surface area contributed by atoms with Crippen LogP contribution in [0.15, 0.2) is 36.5 Å². The second-order valence-electron chi connectivity index (χ2n) is 4.81. The molecule has 1 aliphatic rings. The van der Waals surface area contributed by atoms with Crippen molar-refractivity contribution >= 4 is 0 Å². The number of hydrogen-bond acceptors (Lipinski definition) is 2. The summed E-state index contributed by atoms with van der Waals surface area (Å²) < 4.78 is 38.6. The molecule has 6 heteroatoms. The molecule has 102 valence electrons. The molecule has 0 N–H and O–H groups in total. The van der Waals surface area contributed by atoms with E-state index in [1.54, 1.807) is 12.1 Å². The van der Waals surface area contributed by atoms with Crippen molar-refractivity contribution in [1.82, 2.24) is 9.78 Å². The van der Waals surface area contributed by atoms with E-state index in [0.29, 0.717) is 5.69 Å². The number of hydrogen-bond donors (Lipinski definition) is 0. The molecule has 0 amide bonds. The van der Waals surface area contributed by atoms with Gasteiger partial charge in [0.2, 0.25) is 0 Å². The summed E-state index contributed by atoms with van der Waals surface area (Å²) in [6.45, 7) is 0. The number of nitrogens with zero attached hydrogens (tertiary/aromatic N) is 3. The molecule has 1 saturated carbocycles. The molecule has 1 aromatic carbocycles. The maximum absolute atomic E-state index is 12.5. The molecule has 0 saturated heterocycles. The van der Waals surface area contributed by atoms with Gasteiger partial charge in [0.15, 0.2) is 5.69 Å². The van der Waals surface area contributed by atoms with Crippen LogP contribution < -0.4 is 0 Å². The molecule has 0 aliphatic heterocycles. The fourth-order valence-electron chi connectivity index (χ4n) is 2.20. The Labute approximate surface area is 113 Å². The molecule has 1 aromatic heterocycles. The van der Waals surface area contributed by atoms with Gasteiger partial charge in [-0.15, -0.1) is 0 Å². The first-order valence-electron chi connectivity index (χ1n) is 6.12. The van der Waals surface area contributed by atoms with Crippen LogP contribution in [0.4, 0.5) is 13.2 Å². The van der Waals surface area contributed by atoms with Gasteiger partial charge in [-0.1, -0.05) is 12.1 Å². The van der Waals surface area contributed by atoms with Crippen molar-refractivity contribution in [3.05, 3.63) is 47.8 Å². The molecule has 1 fully saturated rings. The number of alkyl halides is 3. The second kappa shape index (κ2) is 4.37. The van der Waals surface area contributed by atoms with E-state index < -0.39 is 11.9 Å². The Hall–Kier alpha value is -2.29. The van der Waals surface area contributed by atoms with Crippen LogP contribution in [0.25, 0.3) is 5.69 Å². The molecule has 0 radical (unpaired) electrons. The standard InChI is InChI=1S/C14H10F3N3/c15-14(16,17)13-5-6-20(19-13)11-3-1-9(2-4-11)12-7-10(12)8-18/h1-6,10,12H,7H2. The van der Waals surface area contributed by atoms with Crippen LogP contribution in [0, 0.1) is 17.2 Å². The van der Waals surface area contributed by atoms with Crippen LogP contribution in [0.5, 0.6) is 0 Å². The lowest BCUT2D eigenvalue weighted by molar-refractivity contribution is -0.141. The highest BCUT2D eigenvalue weighted by atomic mass is 19.4. The minimum atomic E-state index is -4.43. The summed E-state index contributed by atoms with van der Waals surface area (Å²) in [6, 6.07) is 10.3. The molecule has 0 bridgehead atoms. The second-order valence-corrected chi connectivity index (χ2v) is 4.81. The summed E-state index contributed by atoms with van der Waals surface area (Å²) in [6.07, 6.45) is -2.29. The zero-order valence-corrected chi connectivity index (χ0v) is 10.3. The summed E-state index contributed by atoms with van der Waals surface area (Å²) in [5.74, 6) is 0.333. The van der Waals surface area contributed by atoms with E-state index in [1.165, 1.54) is 10.9 Å². The van der Waals surface area contributed by atoms with Crippen LogP contribution in [0.2, 0.25) is 0 Å². The van der Waals surface area contributed by atoms with E-state index in [0.717, 1.165) is 18.1 Å². The first-order valence-corrected chi connectivity index (χ1v) is 6.12. The Morgan fingerprint density at radius 1 is 1.20 bits per heavy atom. The van der Waals surface area contributed by atoms with Gasteiger partial charge in [0.05, 0.1) is 17.7 Å². The van der Waals surface area contributed by atoms with E-state index in [9.17, 15) is 13.2 Å². The predicted octanol–water partition coefficient (Wildman–Crippen LogP) is 3.52. The molecular weight excluding hydrogens is 267 g/mol. The Bertz CT molecular complexity index is 664. The first-order chi connectivity index (χ1) is 9.49. The lowest BCUT2D eigenvalue weighted by atomic mass is 10.1. The monoisotopic (exact) mass is 277 g/mol. The normalized spacial score (nSPS) is 21.5. The molecule has 3 nitrogen and oxygen atoms in total. The van der Waals surface area contributed by atoms with Crippen molar-refractivity contribution < 1.29 is 13.2 Å². The van der Waals surface area contributed by atoms with Crippen LogP contribution >= 0.6 is 0 Å². The number of benzene rings is 1. The Morgan fingerprint density at radius 2 is 1.90 bits per heavy atom. The van der Waals surface area contributed by atoms with Crippen molar-refractivity contribution in [1.29, 1.82) is 5.26 Å². The van der Waals surface area contributed by atoms with Gasteiger partial charge in [-0.05, 0) is 30.2 Å². The highest BCUT2D eigenvalue weighted by molar-refractivity contribution is 5.38. The van der Waals surface area contributed by atoms with Gasteiger partial charge in [-0.25, -0.2) is 4.68 Å². The molecule has 1 heterocycles. The van der Waals surface area contributed by atoms with Gasteiger partial charge in [-0.3, -0.25) is 0 Å². The molecule has 2 aromatic rings. The lowest BCUT2D eigenvalue weighted by Crippen LogP contribution is -2.07. The highest BCUT2D eigenvalue weighted by Crippen LogP contribution is 2.46. The number of rotatable bonds is 2. The molecular formula is C14H10F3N3.